The molecule has 0 aliphatic rings. The lowest BCUT2D eigenvalue weighted by Gasteiger charge is -2.21. The van der Waals surface area contributed by atoms with Gasteiger partial charge in [-0.1, -0.05) is 25.2 Å². The smallest absolute Gasteiger partial charge is 0.265 e. The van der Waals surface area contributed by atoms with Gasteiger partial charge in [-0.05, 0) is 6.92 Å². The molecule has 0 fully saturated rings. The number of nitrogens with two attached hydrogens (primary N) is 1. The van der Waals surface area contributed by atoms with E-state index in [1.807, 2.05) is 32.7 Å². The monoisotopic (exact) mass is 286 g/mol. The predicted molar refractivity (Wildman–Crippen MR) is 78.7 cm³/mol. The minimum Gasteiger partial charge on any atom is -0.396 e. The van der Waals surface area contributed by atoms with Crippen molar-refractivity contribution in [1.82, 2.24) is 10.3 Å². The van der Waals surface area contributed by atoms with Crippen LogP contribution in [0.4, 0.5) is 10.9 Å². The summed E-state index contributed by atoms with van der Waals surface area (Å²) in [6.45, 7) is 6.94. The summed E-state index contributed by atoms with van der Waals surface area (Å²) in [5, 5.41) is 12.7. The Morgan fingerprint density at radius 1 is 1.58 bits per heavy atom. The lowest BCUT2D eigenvalue weighted by molar-refractivity contribution is 0.0915. The second-order valence-corrected chi connectivity index (χ2v) is 6.21. The molecule has 1 heterocycles. The topological polar surface area (TPSA) is 91.5 Å². The van der Waals surface area contributed by atoms with Crippen molar-refractivity contribution in [2.45, 2.75) is 20.8 Å². The van der Waals surface area contributed by atoms with Crippen molar-refractivity contribution in [3.63, 3.8) is 0 Å². The number of hydrogen-bond acceptors (Lipinski definition) is 6. The van der Waals surface area contributed by atoms with E-state index in [0.717, 1.165) is 11.7 Å². The van der Waals surface area contributed by atoms with E-state index in [9.17, 15) is 4.79 Å². The van der Waals surface area contributed by atoms with Crippen molar-refractivity contribution in [3.05, 3.63) is 4.88 Å². The van der Waals surface area contributed by atoms with Crippen LogP contribution in [0.2, 0.25) is 0 Å². The van der Waals surface area contributed by atoms with Gasteiger partial charge < -0.3 is 21.1 Å². The molecule has 0 radical (unpaired) electrons. The molecule has 0 aromatic carbocycles. The fourth-order valence-corrected chi connectivity index (χ4v) is 2.16. The molecule has 4 N–H and O–H groups in total. The molecular formula is C12H22N4O2S. The van der Waals surface area contributed by atoms with Crippen LogP contribution in [0.25, 0.3) is 0 Å². The van der Waals surface area contributed by atoms with E-state index < -0.39 is 0 Å². The minimum absolute atomic E-state index is 0.00920. The number of nitrogens with one attached hydrogen (secondary N) is 1. The Balaban J connectivity index is 2.75. The molecule has 0 aliphatic carbocycles. The van der Waals surface area contributed by atoms with Crippen LogP contribution in [0.1, 0.15) is 30.4 Å². The molecular weight excluding hydrogens is 264 g/mol. The minimum atomic E-state index is -0.349. The Morgan fingerprint density at radius 3 is 2.74 bits per heavy atom. The molecule has 108 valence electrons. The maximum atomic E-state index is 12.0. The lowest BCUT2D eigenvalue weighted by atomic mass is 9.95. The van der Waals surface area contributed by atoms with E-state index >= 15 is 0 Å². The molecule has 1 amide bonds. The zero-order valence-electron chi connectivity index (χ0n) is 11.9. The van der Waals surface area contributed by atoms with Crippen LogP contribution in [0.5, 0.6) is 0 Å². The van der Waals surface area contributed by atoms with Crippen LogP contribution in [0, 0.1) is 5.41 Å². The Hall–Kier alpha value is -1.34. The van der Waals surface area contributed by atoms with Gasteiger partial charge in [-0.3, -0.25) is 4.79 Å². The average molecular weight is 286 g/mol. The molecule has 6 nitrogen and oxygen atoms in total. The molecule has 19 heavy (non-hydrogen) atoms. The zero-order chi connectivity index (χ0) is 14.6. The number of carbonyl (C=O) groups excluding carboxylic acids is 1. The zero-order valence-corrected chi connectivity index (χ0v) is 12.7. The van der Waals surface area contributed by atoms with Crippen LogP contribution in [-0.4, -0.2) is 42.7 Å². The number of aliphatic hydroxyl groups excluding tert-OH is 1. The summed E-state index contributed by atoms with van der Waals surface area (Å²) >= 11 is 1.27. The standard InChI is InChI=1S/C12H22N4O2S/c1-5-16(4)11-15-9(13)8(19-11)10(18)14-6-12(2,3)7-17/h17H,5-7,13H2,1-4H3,(H,14,18). The summed E-state index contributed by atoms with van der Waals surface area (Å²) in [7, 11) is 1.90. The summed E-state index contributed by atoms with van der Waals surface area (Å²) in [5.41, 5.74) is 5.42. The molecule has 0 aliphatic heterocycles. The third-order valence-corrected chi connectivity index (χ3v) is 3.99. The van der Waals surface area contributed by atoms with Gasteiger partial charge in [0.2, 0.25) is 0 Å². The van der Waals surface area contributed by atoms with E-state index in [-0.39, 0.29) is 23.7 Å². The molecule has 1 aromatic heterocycles. The second-order valence-electron chi connectivity index (χ2n) is 5.23. The summed E-state index contributed by atoms with van der Waals surface area (Å²) in [6, 6.07) is 0. The number of carbonyl (C=O) groups is 1. The number of aromatic nitrogens is 1. The highest BCUT2D eigenvalue weighted by molar-refractivity contribution is 7.18. The number of nitrogens with zero attached hydrogens (tertiary/aromatic N) is 2. The van der Waals surface area contributed by atoms with Crippen molar-refractivity contribution in [1.29, 1.82) is 0 Å². The summed E-state index contributed by atoms with van der Waals surface area (Å²) in [6.07, 6.45) is 0. The summed E-state index contributed by atoms with van der Waals surface area (Å²) in [5.74, 6) is 0.00637. The molecule has 0 saturated heterocycles. The van der Waals surface area contributed by atoms with Crippen molar-refractivity contribution in [2.75, 3.05) is 37.4 Å². The maximum absolute atomic E-state index is 12.0. The van der Waals surface area contributed by atoms with Crippen LogP contribution < -0.4 is 16.0 Å². The molecule has 0 saturated carbocycles. The summed E-state index contributed by atoms with van der Waals surface area (Å²) in [4.78, 5) is 18.6. The van der Waals surface area contributed by atoms with Crippen molar-refractivity contribution in [2.24, 2.45) is 5.41 Å². The molecule has 0 unspecified atom stereocenters. The van der Waals surface area contributed by atoms with E-state index in [4.69, 9.17) is 10.8 Å². The van der Waals surface area contributed by atoms with Crippen LogP contribution in [-0.2, 0) is 0 Å². The predicted octanol–water partition coefficient (Wildman–Crippen LogP) is 0.930. The van der Waals surface area contributed by atoms with E-state index in [2.05, 4.69) is 10.3 Å². The Morgan fingerprint density at radius 2 is 2.21 bits per heavy atom. The SMILES string of the molecule is CCN(C)c1nc(N)c(C(=O)NCC(C)(C)CO)s1. The van der Waals surface area contributed by atoms with Crippen molar-refractivity contribution >= 4 is 28.2 Å². The van der Waals surface area contributed by atoms with Crippen LogP contribution >= 0.6 is 11.3 Å². The van der Waals surface area contributed by atoms with E-state index in [0.29, 0.717) is 11.4 Å². The lowest BCUT2D eigenvalue weighted by Crippen LogP contribution is -2.36. The highest BCUT2D eigenvalue weighted by Gasteiger charge is 2.21. The normalized spacial score (nSPS) is 11.4. The highest BCUT2D eigenvalue weighted by Crippen LogP contribution is 2.27. The molecule has 0 atom stereocenters. The Labute approximate surface area is 117 Å². The van der Waals surface area contributed by atoms with E-state index in [1.165, 1.54) is 11.3 Å². The number of aliphatic hydroxyl groups is 1. The molecule has 1 aromatic rings. The molecule has 0 spiro atoms. The Kier molecular flexibility index (Phi) is 5.13. The van der Waals surface area contributed by atoms with Crippen molar-refractivity contribution < 1.29 is 9.90 Å². The maximum Gasteiger partial charge on any atom is 0.265 e. The fraction of sp³-hybridized carbons (Fsp3) is 0.667. The first-order valence-corrected chi connectivity index (χ1v) is 6.99. The van der Waals surface area contributed by atoms with Gasteiger partial charge in [0, 0.05) is 32.2 Å². The largest absolute Gasteiger partial charge is 0.396 e. The number of anilines is 2. The Bertz CT molecular complexity index is 445. The van der Waals surface area contributed by atoms with Gasteiger partial charge in [0.15, 0.2) is 5.13 Å². The van der Waals surface area contributed by atoms with Crippen LogP contribution in [0.15, 0.2) is 0 Å². The van der Waals surface area contributed by atoms with E-state index in [1.54, 1.807) is 0 Å². The molecule has 7 heteroatoms. The average Bonchev–Trinajstić information content (AvgIpc) is 2.77. The number of hydrogen-bond donors (Lipinski definition) is 3. The van der Waals surface area contributed by atoms with Gasteiger partial charge in [-0.15, -0.1) is 0 Å². The van der Waals surface area contributed by atoms with Crippen molar-refractivity contribution in [3.8, 4) is 0 Å². The number of thiazole rings is 1. The number of nitrogen functional groups attached to an aromatic ring is 1. The van der Waals surface area contributed by atoms with Gasteiger partial charge in [-0.25, -0.2) is 4.98 Å². The number of amides is 1. The first-order valence-electron chi connectivity index (χ1n) is 6.17. The van der Waals surface area contributed by atoms with Gasteiger partial charge in [-0.2, -0.15) is 0 Å². The van der Waals surface area contributed by atoms with Crippen LogP contribution in [0.3, 0.4) is 0 Å². The second kappa shape index (κ2) is 6.21. The molecule has 0 bridgehead atoms. The first kappa shape index (κ1) is 15.7. The van der Waals surface area contributed by atoms with Gasteiger partial charge in [0.25, 0.3) is 5.91 Å². The highest BCUT2D eigenvalue weighted by atomic mass is 32.1. The van der Waals surface area contributed by atoms with Gasteiger partial charge in [0.1, 0.15) is 10.7 Å². The number of rotatable bonds is 6. The van der Waals surface area contributed by atoms with Gasteiger partial charge >= 0.3 is 0 Å². The molecule has 1 rings (SSSR count). The first-order chi connectivity index (χ1) is 8.80. The summed E-state index contributed by atoms with van der Waals surface area (Å²) < 4.78 is 0. The van der Waals surface area contributed by atoms with Gasteiger partial charge in [0.05, 0.1) is 0 Å². The third kappa shape index (κ3) is 4.07. The quantitative estimate of drug-likeness (QED) is 0.723. The third-order valence-electron chi connectivity index (χ3n) is 2.80. The fourth-order valence-electron chi connectivity index (χ4n) is 1.24.